The second-order valence-electron chi connectivity index (χ2n) is 4.90. The molecule has 1 aromatic heterocycles. The number of carbonyl (C=O) groups is 1. The molecule has 1 aliphatic rings. The first-order chi connectivity index (χ1) is 10.2. The summed E-state index contributed by atoms with van der Waals surface area (Å²) < 4.78 is 0. The number of thiazole rings is 1. The lowest BCUT2D eigenvalue weighted by atomic mass is 10.2. The third kappa shape index (κ3) is 3.57. The summed E-state index contributed by atoms with van der Waals surface area (Å²) in [5.41, 5.74) is 2.95. The monoisotopic (exact) mass is 319 g/mol. The van der Waals surface area contributed by atoms with E-state index >= 15 is 0 Å². The Labute approximate surface area is 132 Å². The van der Waals surface area contributed by atoms with E-state index in [-0.39, 0.29) is 6.03 Å². The van der Waals surface area contributed by atoms with E-state index in [0.29, 0.717) is 0 Å². The van der Waals surface area contributed by atoms with Gasteiger partial charge in [0, 0.05) is 46.9 Å². The number of urea groups is 1. The second-order valence-corrected chi connectivity index (χ2v) is 6.98. The van der Waals surface area contributed by atoms with Crippen LogP contribution in [0.15, 0.2) is 29.6 Å². The van der Waals surface area contributed by atoms with Crippen molar-refractivity contribution in [1.82, 2.24) is 9.88 Å². The topological polar surface area (TPSA) is 45.2 Å². The third-order valence-corrected chi connectivity index (χ3v) is 5.25. The number of thioether (sulfide) groups is 1. The van der Waals surface area contributed by atoms with Gasteiger partial charge >= 0.3 is 6.03 Å². The first-order valence-electron chi connectivity index (χ1n) is 6.88. The lowest BCUT2D eigenvalue weighted by Gasteiger charge is -2.26. The molecule has 0 spiro atoms. The van der Waals surface area contributed by atoms with E-state index in [1.807, 2.05) is 53.2 Å². The number of hydrogen-bond donors (Lipinski definition) is 1. The molecule has 2 amide bonds. The first-order valence-corrected chi connectivity index (χ1v) is 8.92. The molecule has 6 heteroatoms. The number of amides is 2. The van der Waals surface area contributed by atoms with Gasteiger partial charge in [-0.25, -0.2) is 9.78 Å². The first kappa shape index (κ1) is 14.4. The molecule has 0 atom stereocenters. The summed E-state index contributed by atoms with van der Waals surface area (Å²) >= 11 is 3.53. The van der Waals surface area contributed by atoms with Crippen molar-refractivity contribution in [2.24, 2.45) is 0 Å². The molecule has 1 aromatic carbocycles. The number of carbonyl (C=O) groups excluding carboxylic acids is 1. The van der Waals surface area contributed by atoms with Gasteiger partial charge in [-0.05, 0) is 31.2 Å². The van der Waals surface area contributed by atoms with Crippen LogP contribution in [-0.2, 0) is 0 Å². The zero-order chi connectivity index (χ0) is 14.7. The fourth-order valence-electron chi connectivity index (χ4n) is 2.15. The van der Waals surface area contributed by atoms with Crippen LogP contribution in [-0.4, -0.2) is 40.5 Å². The second kappa shape index (κ2) is 6.49. The molecule has 0 saturated carbocycles. The van der Waals surface area contributed by atoms with Crippen LogP contribution in [0.5, 0.6) is 0 Å². The number of nitrogens with zero attached hydrogens (tertiary/aromatic N) is 2. The molecule has 1 fully saturated rings. The Morgan fingerprint density at radius 3 is 2.57 bits per heavy atom. The number of rotatable bonds is 2. The van der Waals surface area contributed by atoms with E-state index in [1.54, 1.807) is 11.3 Å². The highest BCUT2D eigenvalue weighted by Gasteiger charge is 2.16. The van der Waals surface area contributed by atoms with Crippen molar-refractivity contribution in [1.29, 1.82) is 0 Å². The van der Waals surface area contributed by atoms with Crippen molar-refractivity contribution in [3.8, 4) is 10.6 Å². The molecule has 110 valence electrons. The van der Waals surface area contributed by atoms with Crippen LogP contribution in [0.4, 0.5) is 10.5 Å². The summed E-state index contributed by atoms with van der Waals surface area (Å²) in [7, 11) is 0. The van der Waals surface area contributed by atoms with Crippen molar-refractivity contribution in [2.75, 3.05) is 29.9 Å². The van der Waals surface area contributed by atoms with E-state index < -0.39 is 0 Å². The molecule has 2 heterocycles. The van der Waals surface area contributed by atoms with Crippen molar-refractivity contribution in [3.63, 3.8) is 0 Å². The Hall–Kier alpha value is -1.53. The molecule has 1 saturated heterocycles. The van der Waals surface area contributed by atoms with E-state index in [9.17, 15) is 4.79 Å². The molecular formula is C15H17N3OS2. The summed E-state index contributed by atoms with van der Waals surface area (Å²) in [6, 6.07) is 7.86. The number of aryl methyl sites for hydroxylation is 1. The minimum Gasteiger partial charge on any atom is -0.323 e. The molecule has 4 nitrogen and oxygen atoms in total. The third-order valence-electron chi connectivity index (χ3n) is 3.30. The Kier molecular flexibility index (Phi) is 4.45. The van der Waals surface area contributed by atoms with Gasteiger partial charge in [0.15, 0.2) is 0 Å². The Morgan fingerprint density at radius 1 is 1.24 bits per heavy atom. The zero-order valence-corrected chi connectivity index (χ0v) is 13.5. The van der Waals surface area contributed by atoms with Gasteiger partial charge < -0.3 is 10.2 Å². The maximum Gasteiger partial charge on any atom is 0.321 e. The van der Waals surface area contributed by atoms with Crippen molar-refractivity contribution >= 4 is 34.8 Å². The highest BCUT2D eigenvalue weighted by molar-refractivity contribution is 7.99. The molecular weight excluding hydrogens is 302 g/mol. The quantitative estimate of drug-likeness (QED) is 0.918. The summed E-state index contributed by atoms with van der Waals surface area (Å²) in [4.78, 5) is 18.5. The van der Waals surface area contributed by atoms with Crippen LogP contribution in [0.25, 0.3) is 10.6 Å². The van der Waals surface area contributed by atoms with Gasteiger partial charge in [0.1, 0.15) is 5.01 Å². The van der Waals surface area contributed by atoms with Gasteiger partial charge in [0.05, 0.1) is 0 Å². The van der Waals surface area contributed by atoms with Crippen LogP contribution in [0.1, 0.15) is 5.69 Å². The molecule has 0 bridgehead atoms. The van der Waals surface area contributed by atoms with Crippen molar-refractivity contribution in [3.05, 3.63) is 35.3 Å². The zero-order valence-electron chi connectivity index (χ0n) is 11.8. The van der Waals surface area contributed by atoms with E-state index in [0.717, 1.165) is 46.5 Å². The maximum absolute atomic E-state index is 12.1. The van der Waals surface area contributed by atoms with Gasteiger partial charge in [-0.1, -0.05) is 0 Å². The standard InChI is InChI=1S/C15H17N3OS2/c1-11-10-21-14(16-11)12-2-4-13(5-3-12)17-15(19)18-6-8-20-9-7-18/h2-5,10H,6-9H2,1H3,(H,17,19). The minimum absolute atomic E-state index is 0.00635. The lowest BCUT2D eigenvalue weighted by molar-refractivity contribution is 0.217. The summed E-state index contributed by atoms with van der Waals surface area (Å²) in [5, 5.41) is 6.01. The van der Waals surface area contributed by atoms with Crippen LogP contribution in [0, 0.1) is 6.92 Å². The predicted molar refractivity (Wildman–Crippen MR) is 90.2 cm³/mol. The number of aromatic nitrogens is 1. The highest BCUT2D eigenvalue weighted by atomic mass is 32.2. The number of anilines is 1. The lowest BCUT2D eigenvalue weighted by Crippen LogP contribution is -2.40. The predicted octanol–water partition coefficient (Wildman–Crippen LogP) is 3.70. The van der Waals surface area contributed by atoms with Crippen LogP contribution < -0.4 is 5.32 Å². The molecule has 0 unspecified atom stereocenters. The average molecular weight is 319 g/mol. The molecule has 21 heavy (non-hydrogen) atoms. The number of benzene rings is 1. The molecule has 1 aliphatic heterocycles. The summed E-state index contributed by atoms with van der Waals surface area (Å²) in [5.74, 6) is 2.05. The van der Waals surface area contributed by atoms with Crippen LogP contribution in [0.2, 0.25) is 0 Å². The summed E-state index contributed by atoms with van der Waals surface area (Å²) in [6.07, 6.45) is 0. The van der Waals surface area contributed by atoms with Crippen molar-refractivity contribution < 1.29 is 4.79 Å². The summed E-state index contributed by atoms with van der Waals surface area (Å²) in [6.45, 7) is 3.64. The van der Waals surface area contributed by atoms with Crippen LogP contribution in [0.3, 0.4) is 0 Å². The minimum atomic E-state index is -0.00635. The molecule has 0 radical (unpaired) electrons. The number of nitrogens with one attached hydrogen (secondary N) is 1. The van der Waals surface area contributed by atoms with Gasteiger partial charge in [0.25, 0.3) is 0 Å². The molecule has 1 N–H and O–H groups in total. The van der Waals surface area contributed by atoms with Gasteiger partial charge in [-0.3, -0.25) is 0 Å². The van der Waals surface area contributed by atoms with E-state index in [4.69, 9.17) is 0 Å². The Bertz CT molecular complexity index is 618. The highest BCUT2D eigenvalue weighted by Crippen LogP contribution is 2.25. The molecule has 3 rings (SSSR count). The van der Waals surface area contributed by atoms with Crippen LogP contribution >= 0.6 is 23.1 Å². The smallest absolute Gasteiger partial charge is 0.321 e. The molecule has 2 aromatic rings. The fraction of sp³-hybridized carbons (Fsp3) is 0.333. The Morgan fingerprint density at radius 2 is 1.95 bits per heavy atom. The maximum atomic E-state index is 12.1. The average Bonchev–Trinajstić information content (AvgIpc) is 2.95. The van der Waals surface area contributed by atoms with Gasteiger partial charge in [-0.15, -0.1) is 11.3 Å². The normalized spacial score (nSPS) is 15.0. The van der Waals surface area contributed by atoms with Gasteiger partial charge in [0.2, 0.25) is 0 Å². The SMILES string of the molecule is Cc1csc(-c2ccc(NC(=O)N3CCSCC3)cc2)n1. The van der Waals surface area contributed by atoms with Crippen molar-refractivity contribution in [2.45, 2.75) is 6.92 Å². The largest absolute Gasteiger partial charge is 0.323 e. The number of hydrogen-bond acceptors (Lipinski definition) is 4. The van der Waals surface area contributed by atoms with E-state index in [2.05, 4.69) is 10.3 Å². The fourth-order valence-corrected chi connectivity index (χ4v) is 3.86. The van der Waals surface area contributed by atoms with E-state index in [1.165, 1.54) is 0 Å². The Balaban J connectivity index is 1.65. The van der Waals surface area contributed by atoms with Gasteiger partial charge in [-0.2, -0.15) is 11.8 Å². The molecule has 0 aliphatic carbocycles.